The molecule has 0 aromatic heterocycles. The number of halogens is 5. The summed E-state index contributed by atoms with van der Waals surface area (Å²) >= 11 is 0. The molecule has 4 aromatic rings. The van der Waals surface area contributed by atoms with Crippen molar-refractivity contribution in [2.75, 3.05) is 0 Å². The van der Waals surface area contributed by atoms with Gasteiger partial charge in [-0.2, -0.15) is 42.5 Å². The van der Waals surface area contributed by atoms with Gasteiger partial charge in [-0.1, -0.05) is 0 Å². The third-order valence-electron chi connectivity index (χ3n) is 9.19. The molecule has 0 heterocycles. The highest BCUT2D eigenvalue weighted by Crippen LogP contribution is 2.44. The van der Waals surface area contributed by atoms with Crippen LogP contribution in [0.4, 0.5) is 22.0 Å². The Bertz CT molecular complexity index is 2780. The number of ether oxygens (including phenoxy) is 2. The molecular formula is C33H25F5O14P2S4. The molecule has 4 N–H and O–H groups in total. The zero-order chi connectivity index (χ0) is 43.2. The average Bonchev–Trinajstić information content (AvgIpc) is 3.12. The van der Waals surface area contributed by atoms with Gasteiger partial charge in [0.2, 0.25) is 17.4 Å². The van der Waals surface area contributed by atoms with Crippen LogP contribution in [0, 0.1) is 36.0 Å². The van der Waals surface area contributed by atoms with Gasteiger partial charge in [0.1, 0.15) is 11.5 Å². The first-order valence-electron chi connectivity index (χ1n) is 15.8. The topological polar surface area (TPSA) is 236 Å². The molecule has 4 aromatic carbocycles. The van der Waals surface area contributed by atoms with Crippen LogP contribution in [-0.2, 0) is 53.3 Å². The summed E-state index contributed by atoms with van der Waals surface area (Å²) in [7, 11) is -16.0. The molecule has 2 aliphatic carbocycles. The van der Waals surface area contributed by atoms with Gasteiger partial charge in [-0.15, -0.1) is 18.5 Å². The van der Waals surface area contributed by atoms with E-state index in [1.165, 1.54) is 0 Å². The van der Waals surface area contributed by atoms with Gasteiger partial charge in [0.15, 0.2) is 23.2 Å². The molecule has 58 heavy (non-hydrogen) atoms. The highest BCUT2D eigenvalue weighted by molar-refractivity contribution is 7.90. The van der Waals surface area contributed by atoms with Gasteiger partial charge in [-0.05, 0) is 73.6 Å². The summed E-state index contributed by atoms with van der Waals surface area (Å²) in [5, 5.41) is -1.35. The van der Waals surface area contributed by atoms with Crippen molar-refractivity contribution in [2.24, 2.45) is 0 Å². The van der Waals surface area contributed by atoms with E-state index in [0.717, 1.165) is 37.3 Å². The first-order valence-corrected chi connectivity index (χ1v) is 22.8. The highest BCUT2D eigenvalue weighted by Gasteiger charge is 2.34. The predicted molar refractivity (Wildman–Crippen MR) is 203 cm³/mol. The Morgan fingerprint density at radius 3 is 1.33 bits per heavy atom. The second-order valence-electron chi connectivity index (χ2n) is 12.7. The molecule has 0 amide bonds. The second-order valence-corrected chi connectivity index (χ2v) is 19.7. The third kappa shape index (κ3) is 8.04. The molecule has 0 bridgehead atoms. The first kappa shape index (κ1) is 43.7. The maximum Gasteiger partial charge on any atom is 0.294 e. The van der Waals surface area contributed by atoms with Crippen molar-refractivity contribution in [3.63, 3.8) is 0 Å². The summed E-state index contributed by atoms with van der Waals surface area (Å²) in [5.74, 6) is -13.4. The minimum atomic E-state index is -5.09. The Hall–Kier alpha value is -3.89. The zero-order valence-corrected chi connectivity index (χ0v) is 34.4. The molecular weight excluding hydrogens is 906 g/mol. The van der Waals surface area contributed by atoms with Crippen molar-refractivity contribution >= 4 is 81.7 Å². The van der Waals surface area contributed by atoms with Crippen LogP contribution in [-0.4, -0.2) is 51.9 Å². The lowest BCUT2D eigenvalue weighted by molar-refractivity contribution is 0.385. The molecule has 0 aliphatic heterocycles. The lowest BCUT2D eigenvalue weighted by Crippen LogP contribution is -2.18. The monoisotopic (exact) mass is 930 g/mol. The number of benzene rings is 4. The summed E-state index contributed by atoms with van der Waals surface area (Å²) in [6.45, 7) is 1.07. The predicted octanol–water partition coefficient (Wildman–Crippen LogP) is 5.79. The molecule has 0 radical (unpaired) electrons. The van der Waals surface area contributed by atoms with E-state index in [9.17, 15) is 51.9 Å². The van der Waals surface area contributed by atoms with Gasteiger partial charge in [0.25, 0.3) is 40.5 Å². The lowest BCUT2D eigenvalue weighted by atomic mass is 9.95. The van der Waals surface area contributed by atoms with Crippen LogP contribution >= 0.6 is 18.5 Å². The fourth-order valence-electron chi connectivity index (χ4n) is 6.35. The minimum Gasteiger partial charge on any atom is -0.453 e. The SMILES string of the molecule is Cc1c(P)c(Oc2cc(S(=O)(=O)O)cc3c2CCC(S(=O)(=O)O)=C3)c(F)c(F)c1-c1c(F)c(F)c(Oc2cc(S(=O)(=O)O)cc3c2CCC(S(=O)(=O)O)=C3)c(F)c1P. The van der Waals surface area contributed by atoms with E-state index < -0.39 is 146 Å². The van der Waals surface area contributed by atoms with E-state index in [1.54, 1.807) is 9.24 Å². The van der Waals surface area contributed by atoms with Crippen molar-refractivity contribution < 1.29 is 83.3 Å². The van der Waals surface area contributed by atoms with Gasteiger partial charge < -0.3 is 9.47 Å². The Labute approximate surface area is 331 Å². The van der Waals surface area contributed by atoms with Crippen LogP contribution < -0.4 is 20.1 Å². The Morgan fingerprint density at radius 2 is 0.914 bits per heavy atom. The van der Waals surface area contributed by atoms with E-state index in [2.05, 4.69) is 0 Å². The van der Waals surface area contributed by atoms with Crippen LogP contribution in [0.25, 0.3) is 23.3 Å². The van der Waals surface area contributed by atoms with Crippen LogP contribution in [0.3, 0.4) is 0 Å². The molecule has 310 valence electrons. The molecule has 2 aliphatic rings. The highest BCUT2D eigenvalue weighted by atomic mass is 32.2. The van der Waals surface area contributed by atoms with Crippen LogP contribution in [0.2, 0.25) is 0 Å². The van der Waals surface area contributed by atoms with Crippen molar-refractivity contribution in [3.05, 3.63) is 91.0 Å². The maximum atomic E-state index is 16.1. The molecule has 2 unspecified atom stereocenters. The number of fused-ring (bicyclic) bond motifs is 2. The normalized spacial score (nSPS) is 14.7. The third-order valence-corrected chi connectivity index (χ3v) is 14.1. The summed E-state index contributed by atoms with van der Waals surface area (Å²) in [5.41, 5.74) is -3.15. The van der Waals surface area contributed by atoms with Crippen molar-refractivity contribution in [3.8, 4) is 34.1 Å². The summed E-state index contributed by atoms with van der Waals surface area (Å²) in [6.07, 6.45) is 0.359. The van der Waals surface area contributed by atoms with Crippen LogP contribution in [0.5, 0.6) is 23.0 Å². The minimum absolute atomic E-state index is 0.0297. The summed E-state index contributed by atoms with van der Waals surface area (Å²) in [4.78, 5) is -2.94. The van der Waals surface area contributed by atoms with Crippen LogP contribution in [0.1, 0.15) is 40.7 Å². The fraction of sp³-hybridized carbons (Fsp3) is 0.152. The molecule has 0 saturated heterocycles. The average molecular weight is 931 g/mol. The number of allylic oxidation sites excluding steroid dienone is 2. The van der Waals surface area contributed by atoms with Crippen molar-refractivity contribution in [2.45, 2.75) is 42.4 Å². The Balaban J connectivity index is 1.48. The summed E-state index contributed by atoms with van der Waals surface area (Å²) < 4.78 is 224. The van der Waals surface area contributed by atoms with E-state index in [-0.39, 0.29) is 41.5 Å². The number of hydrogen-bond acceptors (Lipinski definition) is 10. The van der Waals surface area contributed by atoms with E-state index in [4.69, 9.17) is 9.47 Å². The van der Waals surface area contributed by atoms with Gasteiger partial charge in [-0.25, -0.2) is 13.2 Å². The van der Waals surface area contributed by atoms with Gasteiger partial charge >= 0.3 is 0 Å². The zero-order valence-electron chi connectivity index (χ0n) is 28.8. The van der Waals surface area contributed by atoms with Gasteiger partial charge in [-0.3, -0.25) is 18.2 Å². The molecule has 0 spiro atoms. The van der Waals surface area contributed by atoms with E-state index in [0.29, 0.717) is 6.07 Å². The number of rotatable bonds is 9. The second kappa shape index (κ2) is 15.0. The molecule has 0 fully saturated rings. The molecule has 6 rings (SSSR count). The molecule has 25 heteroatoms. The smallest absolute Gasteiger partial charge is 0.294 e. The lowest BCUT2D eigenvalue weighted by Gasteiger charge is -2.23. The first-order chi connectivity index (χ1) is 26.6. The van der Waals surface area contributed by atoms with Gasteiger partial charge in [0, 0.05) is 45.0 Å². The quantitative estimate of drug-likeness (QED) is 0.0674. The number of hydrogen-bond donors (Lipinski definition) is 4. The van der Waals surface area contributed by atoms with Crippen LogP contribution in [0.15, 0.2) is 43.9 Å². The van der Waals surface area contributed by atoms with Crippen molar-refractivity contribution in [1.29, 1.82) is 0 Å². The van der Waals surface area contributed by atoms with Crippen molar-refractivity contribution in [1.82, 2.24) is 0 Å². The summed E-state index contributed by atoms with van der Waals surface area (Å²) in [6, 6.07) is 2.95. The molecule has 2 atom stereocenters. The Morgan fingerprint density at radius 1 is 0.517 bits per heavy atom. The fourth-order valence-corrected chi connectivity index (χ4v) is 9.42. The largest absolute Gasteiger partial charge is 0.453 e. The molecule has 0 saturated carbocycles. The maximum absolute atomic E-state index is 16.1. The Kier molecular flexibility index (Phi) is 11.3. The standard InChI is InChI=1S/C33H25F5O14P2S4/c1-12-23(25(34)28(37)31(32(12)53)52-22-11-18(58(48,49)50)9-14-7-16(56(42,43)44)3-5-20(14)22)24-26(35)27(36)30(29(38)33(24)54)51-21-10-17(57(45,46)47)8-13-6-15(55(39,40)41)2-4-19(13)21/h6-11H,2-5,53-54H2,1H3,(H,39,40,41)(H,42,43,44)(H,45,46,47)(H,48,49,50). The van der Waals surface area contributed by atoms with E-state index >= 15 is 22.0 Å². The molecule has 14 nitrogen and oxygen atoms in total. The van der Waals surface area contributed by atoms with Gasteiger partial charge in [0.05, 0.1) is 19.6 Å². The van der Waals surface area contributed by atoms with E-state index in [1.807, 2.05) is 9.24 Å².